The number of rotatable bonds is 4. The van der Waals surface area contributed by atoms with Gasteiger partial charge >= 0.3 is 0 Å². The van der Waals surface area contributed by atoms with E-state index in [1.54, 1.807) is 0 Å². The number of hydrogen-bond donors (Lipinski definition) is 0. The van der Waals surface area contributed by atoms with E-state index in [-0.39, 0.29) is 0 Å². The lowest BCUT2D eigenvalue weighted by Gasteiger charge is -2.05. The van der Waals surface area contributed by atoms with Gasteiger partial charge in [-0.2, -0.15) is 0 Å². The van der Waals surface area contributed by atoms with Gasteiger partial charge in [-0.25, -0.2) is 0 Å². The van der Waals surface area contributed by atoms with E-state index in [0.29, 0.717) is 5.38 Å². The van der Waals surface area contributed by atoms with Crippen molar-refractivity contribution in [3.8, 4) is 0 Å². The van der Waals surface area contributed by atoms with Gasteiger partial charge in [-0.1, -0.05) is 35.0 Å². The van der Waals surface area contributed by atoms with E-state index in [1.807, 2.05) is 6.07 Å². The summed E-state index contributed by atoms with van der Waals surface area (Å²) in [5, 5.41) is 0.319. The van der Waals surface area contributed by atoms with Crippen LogP contribution in [-0.2, 0) is 6.42 Å². The molecule has 13 heavy (non-hydrogen) atoms. The summed E-state index contributed by atoms with van der Waals surface area (Å²) < 4.78 is 1.15. The van der Waals surface area contributed by atoms with Crippen molar-refractivity contribution >= 4 is 27.5 Å². The zero-order valence-electron chi connectivity index (χ0n) is 7.76. The topological polar surface area (TPSA) is 0 Å². The van der Waals surface area contributed by atoms with Crippen LogP contribution in [0.15, 0.2) is 28.7 Å². The first-order valence-corrected chi connectivity index (χ1v) is 5.84. The molecular weight excluding hydrogens is 247 g/mol. The van der Waals surface area contributed by atoms with Crippen LogP contribution in [0.3, 0.4) is 0 Å². The van der Waals surface area contributed by atoms with Crippen molar-refractivity contribution in [2.24, 2.45) is 0 Å². The van der Waals surface area contributed by atoms with Gasteiger partial charge in [-0.05, 0) is 37.0 Å². The molecule has 0 N–H and O–H groups in total. The van der Waals surface area contributed by atoms with Crippen LogP contribution in [0.25, 0.3) is 0 Å². The Bertz CT molecular complexity index is 260. The molecule has 1 aromatic rings. The van der Waals surface area contributed by atoms with E-state index < -0.39 is 0 Å². The van der Waals surface area contributed by atoms with E-state index >= 15 is 0 Å². The maximum atomic E-state index is 6.04. The van der Waals surface area contributed by atoms with Crippen molar-refractivity contribution in [2.45, 2.75) is 31.6 Å². The maximum absolute atomic E-state index is 6.04. The van der Waals surface area contributed by atoms with Crippen molar-refractivity contribution in [1.82, 2.24) is 0 Å². The second-order valence-corrected chi connectivity index (χ2v) is 4.71. The monoisotopic (exact) mass is 260 g/mol. The molecule has 0 aliphatic carbocycles. The zero-order valence-corrected chi connectivity index (χ0v) is 10.1. The molecule has 0 aromatic heterocycles. The van der Waals surface area contributed by atoms with Gasteiger partial charge in [0.25, 0.3) is 0 Å². The minimum Gasteiger partial charge on any atom is -0.123 e. The molecule has 0 amide bonds. The Hall–Kier alpha value is -0.0100. The van der Waals surface area contributed by atoms with Crippen LogP contribution >= 0.6 is 27.5 Å². The molecule has 0 radical (unpaired) electrons. The Kier molecular flexibility index (Phi) is 4.82. The molecule has 2 heteroatoms. The molecule has 0 fully saturated rings. The summed E-state index contributed by atoms with van der Waals surface area (Å²) in [5.41, 5.74) is 1.36. The van der Waals surface area contributed by atoms with E-state index in [9.17, 15) is 0 Å². The predicted molar refractivity (Wildman–Crippen MR) is 62.4 cm³/mol. The first-order valence-electron chi connectivity index (χ1n) is 4.61. The molecule has 72 valence electrons. The van der Waals surface area contributed by atoms with Gasteiger partial charge in [0.05, 0.1) is 0 Å². The van der Waals surface area contributed by atoms with Crippen LogP contribution < -0.4 is 0 Å². The van der Waals surface area contributed by atoms with E-state index in [1.165, 1.54) is 5.56 Å². The lowest BCUT2D eigenvalue weighted by atomic mass is 10.1. The van der Waals surface area contributed by atoms with Gasteiger partial charge in [-0.15, -0.1) is 11.6 Å². The van der Waals surface area contributed by atoms with Gasteiger partial charge in [0.2, 0.25) is 0 Å². The Morgan fingerprint density at radius 2 is 2.23 bits per heavy atom. The highest BCUT2D eigenvalue weighted by molar-refractivity contribution is 9.10. The Balaban J connectivity index is 2.45. The first kappa shape index (κ1) is 11.1. The molecule has 0 saturated carbocycles. The Labute approximate surface area is 93.4 Å². The third-order valence-corrected chi connectivity index (χ3v) is 3.10. The summed E-state index contributed by atoms with van der Waals surface area (Å²) in [6.45, 7) is 2.12. The van der Waals surface area contributed by atoms with Crippen LogP contribution in [0.2, 0.25) is 0 Å². The van der Waals surface area contributed by atoms with Crippen LogP contribution in [-0.4, -0.2) is 5.38 Å². The van der Waals surface area contributed by atoms with Crippen molar-refractivity contribution < 1.29 is 0 Å². The highest BCUT2D eigenvalue weighted by atomic mass is 79.9. The zero-order chi connectivity index (χ0) is 9.68. The number of benzene rings is 1. The van der Waals surface area contributed by atoms with E-state index in [4.69, 9.17) is 11.6 Å². The lowest BCUT2D eigenvalue weighted by molar-refractivity contribution is 0.726. The number of hydrogen-bond acceptors (Lipinski definition) is 0. The summed E-state index contributed by atoms with van der Waals surface area (Å²) >= 11 is 9.50. The molecule has 0 aliphatic rings. The van der Waals surface area contributed by atoms with Gasteiger partial charge in [0.15, 0.2) is 0 Å². The normalized spacial score (nSPS) is 12.8. The highest BCUT2D eigenvalue weighted by Crippen LogP contribution is 2.15. The molecule has 0 spiro atoms. The second kappa shape index (κ2) is 5.66. The molecule has 0 nitrogen and oxygen atoms in total. The minimum atomic E-state index is 0.319. The van der Waals surface area contributed by atoms with Crippen LogP contribution in [0, 0.1) is 0 Å². The van der Waals surface area contributed by atoms with Crippen LogP contribution in [0.1, 0.15) is 25.3 Å². The van der Waals surface area contributed by atoms with Crippen molar-refractivity contribution in [1.29, 1.82) is 0 Å². The summed E-state index contributed by atoms with van der Waals surface area (Å²) in [4.78, 5) is 0. The third kappa shape index (κ3) is 4.15. The highest BCUT2D eigenvalue weighted by Gasteiger charge is 2.01. The molecule has 0 saturated heterocycles. The van der Waals surface area contributed by atoms with Gasteiger partial charge < -0.3 is 0 Å². The van der Waals surface area contributed by atoms with Crippen molar-refractivity contribution in [3.05, 3.63) is 34.3 Å². The fourth-order valence-corrected chi connectivity index (χ4v) is 1.78. The lowest BCUT2D eigenvalue weighted by Crippen LogP contribution is -1.98. The average molecular weight is 262 g/mol. The first-order chi connectivity index (χ1) is 6.22. The summed E-state index contributed by atoms with van der Waals surface area (Å²) in [5.74, 6) is 0. The van der Waals surface area contributed by atoms with Gasteiger partial charge in [-0.3, -0.25) is 0 Å². The quantitative estimate of drug-likeness (QED) is 0.705. The Morgan fingerprint density at radius 3 is 2.85 bits per heavy atom. The largest absolute Gasteiger partial charge is 0.123 e. The summed E-state index contributed by atoms with van der Waals surface area (Å²) in [6, 6.07) is 8.40. The predicted octanol–water partition coefficient (Wildman–Crippen LogP) is 4.40. The average Bonchev–Trinajstić information content (AvgIpc) is 2.14. The number of aryl methyl sites for hydroxylation is 1. The molecule has 1 rings (SSSR count). The SMILES string of the molecule is CCC(Cl)CCc1cccc(Br)c1. The molecule has 0 heterocycles. The molecular formula is C11H14BrCl. The molecule has 1 atom stereocenters. The third-order valence-electron chi connectivity index (χ3n) is 2.08. The molecule has 1 aromatic carbocycles. The molecule has 0 bridgehead atoms. The van der Waals surface area contributed by atoms with Crippen LogP contribution in [0.4, 0.5) is 0 Å². The van der Waals surface area contributed by atoms with E-state index in [2.05, 4.69) is 41.1 Å². The van der Waals surface area contributed by atoms with Crippen molar-refractivity contribution in [2.75, 3.05) is 0 Å². The Morgan fingerprint density at radius 1 is 1.46 bits per heavy atom. The minimum absolute atomic E-state index is 0.319. The molecule has 1 unspecified atom stereocenters. The van der Waals surface area contributed by atoms with Gasteiger partial charge in [0, 0.05) is 9.85 Å². The fraction of sp³-hybridized carbons (Fsp3) is 0.455. The number of alkyl halides is 1. The van der Waals surface area contributed by atoms with Crippen LogP contribution in [0.5, 0.6) is 0 Å². The summed E-state index contributed by atoms with van der Waals surface area (Å²) in [6.07, 6.45) is 3.19. The second-order valence-electron chi connectivity index (χ2n) is 3.17. The fourth-order valence-electron chi connectivity index (χ4n) is 1.22. The molecule has 0 aliphatic heterocycles. The van der Waals surface area contributed by atoms with E-state index in [0.717, 1.165) is 23.7 Å². The van der Waals surface area contributed by atoms with Crippen molar-refractivity contribution in [3.63, 3.8) is 0 Å². The summed E-state index contributed by atoms with van der Waals surface area (Å²) in [7, 11) is 0. The smallest absolute Gasteiger partial charge is 0.0336 e. The standard InChI is InChI=1S/C11H14BrCl/c1-2-11(13)7-6-9-4-3-5-10(12)8-9/h3-5,8,11H,2,6-7H2,1H3. The maximum Gasteiger partial charge on any atom is 0.0336 e. The van der Waals surface area contributed by atoms with Gasteiger partial charge in [0.1, 0.15) is 0 Å². The number of halogens is 2.